The number of methoxy groups -OCH3 is 1. The number of carbonyl (C=O) groups is 1. The van der Waals surface area contributed by atoms with E-state index in [0.29, 0.717) is 0 Å². The highest BCUT2D eigenvalue weighted by Gasteiger charge is 2.24. The Balaban J connectivity index is 0.00000288. The highest BCUT2D eigenvalue weighted by atomic mass is 35.5. The molecule has 6 nitrogen and oxygen atoms in total. The van der Waals surface area contributed by atoms with Crippen LogP contribution in [0.15, 0.2) is 29.2 Å². The van der Waals surface area contributed by atoms with Crippen molar-refractivity contribution in [2.24, 2.45) is 0 Å². The van der Waals surface area contributed by atoms with Crippen LogP contribution in [0.25, 0.3) is 0 Å². The average molecular weight is 377 g/mol. The van der Waals surface area contributed by atoms with Gasteiger partial charge in [-0.15, -0.1) is 12.4 Å². The average Bonchev–Trinajstić information content (AvgIpc) is 2.56. The zero-order valence-electron chi connectivity index (χ0n) is 14.0. The smallest absolute Gasteiger partial charge is 0.337 e. The highest BCUT2D eigenvalue weighted by Crippen LogP contribution is 2.16. The molecule has 1 aromatic carbocycles. The lowest BCUT2D eigenvalue weighted by Crippen LogP contribution is -2.44. The molecule has 0 saturated carbocycles. The first kappa shape index (κ1) is 20.9. The lowest BCUT2D eigenvalue weighted by molar-refractivity contribution is 0.0600. The Kier molecular flexibility index (Phi) is 8.15. The molecular formula is C16H25ClN2O4S. The topological polar surface area (TPSA) is 75.7 Å². The molecule has 0 spiro atoms. The van der Waals surface area contributed by atoms with Crippen LogP contribution in [-0.4, -0.2) is 52.1 Å². The van der Waals surface area contributed by atoms with Crippen LogP contribution in [0.1, 0.15) is 36.5 Å². The number of likely N-dealkylation sites (tertiary alicyclic amines) is 1. The first-order valence-electron chi connectivity index (χ1n) is 7.89. The quantitative estimate of drug-likeness (QED) is 0.769. The molecule has 1 aliphatic heterocycles. The van der Waals surface area contributed by atoms with E-state index in [1.165, 1.54) is 25.3 Å². The van der Waals surface area contributed by atoms with Crippen molar-refractivity contribution in [3.05, 3.63) is 29.8 Å². The molecule has 1 fully saturated rings. The molecule has 0 atom stereocenters. The van der Waals surface area contributed by atoms with Crippen LogP contribution in [0.4, 0.5) is 0 Å². The SMILES string of the molecule is CCCN1CCC(NS(=O)(=O)c2cccc(C(=O)OC)c2)CC1.Cl. The highest BCUT2D eigenvalue weighted by molar-refractivity contribution is 7.89. The van der Waals surface area contributed by atoms with Crippen molar-refractivity contribution < 1.29 is 17.9 Å². The minimum absolute atomic E-state index is 0. The first-order valence-corrected chi connectivity index (χ1v) is 9.37. The van der Waals surface area contributed by atoms with Crippen LogP contribution in [0.3, 0.4) is 0 Å². The van der Waals surface area contributed by atoms with Crippen molar-refractivity contribution in [2.45, 2.75) is 37.1 Å². The summed E-state index contributed by atoms with van der Waals surface area (Å²) in [6.45, 7) is 5.01. The van der Waals surface area contributed by atoms with Gasteiger partial charge in [0.05, 0.1) is 17.6 Å². The van der Waals surface area contributed by atoms with Crippen molar-refractivity contribution >= 4 is 28.4 Å². The molecule has 1 N–H and O–H groups in total. The van der Waals surface area contributed by atoms with E-state index in [-0.39, 0.29) is 28.9 Å². The van der Waals surface area contributed by atoms with Gasteiger partial charge in [-0.2, -0.15) is 0 Å². The van der Waals surface area contributed by atoms with Gasteiger partial charge in [0.2, 0.25) is 10.0 Å². The Hall–Kier alpha value is -1.15. The Morgan fingerprint density at radius 2 is 2.00 bits per heavy atom. The molecule has 0 radical (unpaired) electrons. The number of piperidine rings is 1. The van der Waals surface area contributed by atoms with Gasteiger partial charge in [0, 0.05) is 6.04 Å². The van der Waals surface area contributed by atoms with E-state index in [2.05, 4.69) is 21.3 Å². The van der Waals surface area contributed by atoms with Crippen molar-refractivity contribution in [3.63, 3.8) is 0 Å². The summed E-state index contributed by atoms with van der Waals surface area (Å²) in [7, 11) is -2.36. The van der Waals surface area contributed by atoms with Crippen LogP contribution in [-0.2, 0) is 14.8 Å². The fourth-order valence-corrected chi connectivity index (χ4v) is 4.14. The molecule has 1 aromatic rings. The van der Waals surface area contributed by atoms with Crippen LogP contribution in [0.5, 0.6) is 0 Å². The normalized spacial score (nSPS) is 16.4. The number of rotatable bonds is 6. The molecule has 136 valence electrons. The Bertz CT molecular complexity index is 643. The standard InChI is InChI=1S/C16H24N2O4S.ClH/c1-3-9-18-10-7-14(8-11-18)17-23(20,21)15-6-4-5-13(12-15)16(19)22-2;/h4-6,12,14,17H,3,7-11H2,1-2H3;1H. The predicted molar refractivity (Wildman–Crippen MR) is 95.1 cm³/mol. The molecule has 2 rings (SSSR count). The van der Waals surface area contributed by atoms with Gasteiger partial charge in [0.25, 0.3) is 0 Å². The van der Waals surface area contributed by atoms with E-state index < -0.39 is 16.0 Å². The van der Waals surface area contributed by atoms with Gasteiger partial charge in [-0.3, -0.25) is 0 Å². The number of benzene rings is 1. The lowest BCUT2D eigenvalue weighted by Gasteiger charge is -2.31. The van der Waals surface area contributed by atoms with Gasteiger partial charge in [-0.05, 0) is 57.1 Å². The van der Waals surface area contributed by atoms with Crippen molar-refractivity contribution in [3.8, 4) is 0 Å². The van der Waals surface area contributed by atoms with Crippen molar-refractivity contribution in [1.29, 1.82) is 0 Å². The largest absolute Gasteiger partial charge is 0.465 e. The van der Waals surface area contributed by atoms with Gasteiger partial charge in [0.1, 0.15) is 0 Å². The molecule has 0 unspecified atom stereocenters. The minimum atomic E-state index is -3.63. The van der Waals surface area contributed by atoms with Crippen LogP contribution < -0.4 is 4.72 Å². The van der Waals surface area contributed by atoms with E-state index in [1.54, 1.807) is 6.07 Å². The summed E-state index contributed by atoms with van der Waals surface area (Å²) in [6.07, 6.45) is 2.71. The summed E-state index contributed by atoms with van der Waals surface area (Å²) in [5.41, 5.74) is 0.230. The lowest BCUT2D eigenvalue weighted by atomic mass is 10.1. The van der Waals surface area contributed by atoms with Gasteiger partial charge < -0.3 is 9.64 Å². The van der Waals surface area contributed by atoms with E-state index in [4.69, 9.17) is 0 Å². The maximum Gasteiger partial charge on any atom is 0.337 e. The molecular weight excluding hydrogens is 352 g/mol. The Morgan fingerprint density at radius 3 is 2.58 bits per heavy atom. The molecule has 0 aliphatic carbocycles. The minimum Gasteiger partial charge on any atom is -0.465 e. The first-order chi connectivity index (χ1) is 11.0. The second kappa shape index (κ2) is 9.36. The third kappa shape index (κ3) is 5.44. The predicted octanol–water partition coefficient (Wildman–Crippen LogP) is 2.05. The zero-order valence-corrected chi connectivity index (χ0v) is 15.7. The Labute approximate surface area is 150 Å². The number of nitrogens with one attached hydrogen (secondary N) is 1. The molecule has 1 heterocycles. The van der Waals surface area contributed by atoms with Gasteiger partial charge >= 0.3 is 5.97 Å². The second-order valence-corrected chi connectivity index (χ2v) is 7.47. The molecule has 0 amide bonds. The van der Waals surface area contributed by atoms with E-state index in [9.17, 15) is 13.2 Å². The number of halogens is 1. The van der Waals surface area contributed by atoms with E-state index >= 15 is 0 Å². The molecule has 1 saturated heterocycles. The summed E-state index contributed by atoms with van der Waals surface area (Å²) >= 11 is 0. The van der Waals surface area contributed by atoms with Crippen molar-refractivity contribution in [2.75, 3.05) is 26.7 Å². The number of hydrogen-bond acceptors (Lipinski definition) is 5. The number of sulfonamides is 1. The van der Waals surface area contributed by atoms with Crippen LogP contribution >= 0.6 is 12.4 Å². The maximum atomic E-state index is 12.5. The number of carbonyl (C=O) groups excluding carboxylic acids is 1. The molecule has 24 heavy (non-hydrogen) atoms. The summed E-state index contributed by atoms with van der Waals surface area (Å²) in [5, 5.41) is 0. The maximum absolute atomic E-state index is 12.5. The third-order valence-electron chi connectivity index (χ3n) is 4.01. The van der Waals surface area contributed by atoms with Gasteiger partial charge in [-0.1, -0.05) is 13.0 Å². The summed E-state index contributed by atoms with van der Waals surface area (Å²) < 4.78 is 32.4. The number of nitrogens with zero attached hydrogens (tertiary/aromatic N) is 1. The van der Waals surface area contributed by atoms with E-state index in [1.807, 2.05) is 0 Å². The van der Waals surface area contributed by atoms with Crippen molar-refractivity contribution in [1.82, 2.24) is 9.62 Å². The van der Waals surface area contributed by atoms with E-state index in [0.717, 1.165) is 38.9 Å². The van der Waals surface area contributed by atoms with Crippen LogP contribution in [0, 0.1) is 0 Å². The van der Waals surface area contributed by atoms with Gasteiger partial charge in [0.15, 0.2) is 0 Å². The summed E-state index contributed by atoms with van der Waals surface area (Å²) in [6, 6.07) is 5.86. The second-order valence-electron chi connectivity index (χ2n) is 5.76. The third-order valence-corrected chi connectivity index (χ3v) is 5.53. The molecule has 0 aromatic heterocycles. The summed E-state index contributed by atoms with van der Waals surface area (Å²) in [4.78, 5) is 14.0. The molecule has 1 aliphatic rings. The molecule has 0 bridgehead atoms. The monoisotopic (exact) mass is 376 g/mol. The number of ether oxygens (including phenoxy) is 1. The van der Waals surface area contributed by atoms with Crippen LogP contribution in [0.2, 0.25) is 0 Å². The Morgan fingerprint density at radius 1 is 1.33 bits per heavy atom. The van der Waals surface area contributed by atoms with Gasteiger partial charge in [-0.25, -0.2) is 17.9 Å². The summed E-state index contributed by atoms with van der Waals surface area (Å²) in [5.74, 6) is -0.546. The number of esters is 1. The fourth-order valence-electron chi connectivity index (χ4n) is 2.79. The molecule has 8 heteroatoms. The number of hydrogen-bond donors (Lipinski definition) is 1. The fraction of sp³-hybridized carbons (Fsp3) is 0.562. The zero-order chi connectivity index (χ0) is 16.9.